The number of H-pyrrole nitrogens is 1. The van der Waals surface area contributed by atoms with Gasteiger partial charge in [-0.2, -0.15) is 0 Å². The van der Waals surface area contributed by atoms with Crippen LogP contribution in [0, 0.1) is 0 Å². The number of hydrogen-bond acceptors (Lipinski definition) is 3. The maximum absolute atomic E-state index is 12.1. The zero-order valence-electron chi connectivity index (χ0n) is 9.03. The van der Waals surface area contributed by atoms with Gasteiger partial charge in [0.05, 0.1) is 0 Å². The van der Waals surface area contributed by atoms with Gasteiger partial charge in [-0.15, -0.1) is 0 Å². The van der Waals surface area contributed by atoms with Gasteiger partial charge in [-0.1, -0.05) is 0 Å². The van der Waals surface area contributed by atoms with Crippen LogP contribution in [0.2, 0.25) is 0 Å². The Balaban J connectivity index is 2.14. The number of hydrogen-bond donors (Lipinski definition) is 2. The fourth-order valence-electron chi connectivity index (χ4n) is 1.81. The van der Waals surface area contributed by atoms with Crippen LogP contribution in [0.3, 0.4) is 0 Å². The van der Waals surface area contributed by atoms with Crippen molar-refractivity contribution in [2.45, 2.75) is 6.42 Å². The van der Waals surface area contributed by atoms with Crippen LogP contribution in [0.4, 0.5) is 0 Å². The normalized spacial score (nSPS) is 16.9. The number of nitrogens with one attached hydrogen (secondary N) is 2. The molecule has 2 rings (SSSR count). The maximum Gasteiger partial charge on any atom is 0.254 e. The smallest absolute Gasteiger partial charge is 0.254 e. The number of carbonyl (C=O) groups excluding carboxylic acids is 1. The molecule has 1 saturated heterocycles. The number of nitrogens with zero attached hydrogens (tertiary/aromatic N) is 1. The monoisotopic (exact) mass is 221 g/mol. The van der Waals surface area contributed by atoms with Gasteiger partial charge in [-0.3, -0.25) is 9.59 Å². The van der Waals surface area contributed by atoms with Gasteiger partial charge >= 0.3 is 0 Å². The lowest BCUT2D eigenvalue weighted by Gasteiger charge is -2.19. The molecule has 2 heterocycles. The lowest BCUT2D eigenvalue weighted by atomic mass is 10.2. The summed E-state index contributed by atoms with van der Waals surface area (Å²) >= 11 is 0. The minimum absolute atomic E-state index is 0.0604. The molecule has 0 saturated carbocycles. The molecular weight excluding hydrogens is 206 g/mol. The lowest BCUT2D eigenvalue weighted by molar-refractivity contribution is 0.0766. The predicted octanol–water partition coefficient (Wildman–Crippen LogP) is -0.190. The average molecular weight is 221 g/mol. The number of amides is 1. The summed E-state index contributed by atoms with van der Waals surface area (Å²) in [7, 11) is 0. The Hall–Kier alpha value is -1.62. The van der Waals surface area contributed by atoms with Gasteiger partial charge < -0.3 is 15.2 Å². The van der Waals surface area contributed by atoms with Crippen molar-refractivity contribution in [3.05, 3.63) is 34.2 Å². The molecule has 2 N–H and O–H groups in total. The van der Waals surface area contributed by atoms with Gasteiger partial charge in [-0.25, -0.2) is 0 Å². The molecule has 0 aromatic carbocycles. The Labute approximate surface area is 93.5 Å². The molecular formula is C11H15N3O2. The van der Waals surface area contributed by atoms with E-state index in [1.54, 1.807) is 11.0 Å². The Morgan fingerprint density at radius 3 is 3.00 bits per heavy atom. The van der Waals surface area contributed by atoms with E-state index in [9.17, 15) is 9.59 Å². The van der Waals surface area contributed by atoms with E-state index < -0.39 is 0 Å². The third kappa shape index (κ3) is 2.49. The van der Waals surface area contributed by atoms with E-state index in [0.717, 1.165) is 26.1 Å². The van der Waals surface area contributed by atoms with Crippen molar-refractivity contribution in [3.8, 4) is 0 Å². The zero-order chi connectivity index (χ0) is 11.4. The van der Waals surface area contributed by atoms with Crippen molar-refractivity contribution < 1.29 is 4.79 Å². The highest BCUT2D eigenvalue weighted by Gasteiger charge is 2.16. The van der Waals surface area contributed by atoms with Crippen LogP contribution in [0.5, 0.6) is 0 Å². The molecule has 0 unspecified atom stereocenters. The van der Waals surface area contributed by atoms with E-state index in [1.807, 2.05) is 0 Å². The molecule has 1 amide bonds. The molecule has 1 aliphatic heterocycles. The van der Waals surface area contributed by atoms with Crippen molar-refractivity contribution in [1.82, 2.24) is 15.2 Å². The summed E-state index contributed by atoms with van der Waals surface area (Å²) in [4.78, 5) is 27.4. The van der Waals surface area contributed by atoms with Crippen LogP contribution >= 0.6 is 0 Å². The van der Waals surface area contributed by atoms with Crippen LogP contribution in [0.1, 0.15) is 16.8 Å². The summed E-state index contributed by atoms with van der Waals surface area (Å²) in [5.74, 6) is -0.0604. The number of aromatic nitrogens is 1. The number of carbonyl (C=O) groups is 1. The van der Waals surface area contributed by atoms with Crippen molar-refractivity contribution in [2.75, 3.05) is 26.2 Å². The first-order valence-corrected chi connectivity index (χ1v) is 5.46. The van der Waals surface area contributed by atoms with E-state index in [2.05, 4.69) is 10.3 Å². The number of rotatable bonds is 1. The molecule has 0 atom stereocenters. The van der Waals surface area contributed by atoms with Crippen molar-refractivity contribution in [3.63, 3.8) is 0 Å². The molecule has 1 aliphatic rings. The molecule has 0 radical (unpaired) electrons. The van der Waals surface area contributed by atoms with Gasteiger partial charge in [0.15, 0.2) is 0 Å². The highest BCUT2D eigenvalue weighted by atomic mass is 16.2. The molecule has 5 heteroatoms. The molecule has 86 valence electrons. The van der Waals surface area contributed by atoms with Crippen LogP contribution in [0.15, 0.2) is 23.1 Å². The topological polar surface area (TPSA) is 65.2 Å². The summed E-state index contributed by atoms with van der Waals surface area (Å²) in [6, 6.07) is 2.99. The Bertz CT molecular complexity index is 419. The fraction of sp³-hybridized carbons (Fsp3) is 0.455. The van der Waals surface area contributed by atoms with Crippen molar-refractivity contribution in [2.24, 2.45) is 0 Å². The SMILES string of the molecule is O=C(c1cc[nH]c(=O)c1)N1CCCNCC1. The molecule has 16 heavy (non-hydrogen) atoms. The highest BCUT2D eigenvalue weighted by Crippen LogP contribution is 2.03. The molecule has 1 fully saturated rings. The quantitative estimate of drug-likeness (QED) is 0.691. The Kier molecular flexibility index (Phi) is 3.36. The van der Waals surface area contributed by atoms with E-state index in [-0.39, 0.29) is 11.5 Å². The maximum atomic E-state index is 12.1. The van der Waals surface area contributed by atoms with Gasteiger partial charge in [-0.05, 0) is 19.0 Å². The average Bonchev–Trinajstić information content (AvgIpc) is 2.56. The van der Waals surface area contributed by atoms with Crippen LogP contribution < -0.4 is 10.9 Å². The molecule has 0 spiro atoms. The first-order valence-electron chi connectivity index (χ1n) is 5.46. The standard InChI is InChI=1S/C11H15N3O2/c15-10-8-9(2-4-13-10)11(16)14-6-1-3-12-5-7-14/h2,4,8,12H,1,3,5-7H2,(H,13,15). The van der Waals surface area contributed by atoms with E-state index >= 15 is 0 Å². The molecule has 1 aromatic heterocycles. The van der Waals surface area contributed by atoms with Gasteiger partial charge in [0.2, 0.25) is 5.56 Å². The largest absolute Gasteiger partial charge is 0.337 e. The molecule has 0 aliphatic carbocycles. The predicted molar refractivity (Wildman–Crippen MR) is 60.5 cm³/mol. The van der Waals surface area contributed by atoms with Crippen LogP contribution in [-0.2, 0) is 0 Å². The van der Waals surface area contributed by atoms with E-state index in [1.165, 1.54) is 12.3 Å². The first kappa shape index (κ1) is 10.9. The minimum atomic E-state index is -0.237. The third-order valence-electron chi connectivity index (χ3n) is 2.65. The number of pyridine rings is 1. The second-order valence-corrected chi connectivity index (χ2v) is 3.84. The summed E-state index contributed by atoms with van der Waals surface area (Å²) in [6.45, 7) is 3.21. The first-order chi connectivity index (χ1) is 7.77. The second kappa shape index (κ2) is 4.94. The van der Waals surface area contributed by atoms with Gasteiger partial charge in [0.1, 0.15) is 0 Å². The molecule has 1 aromatic rings. The van der Waals surface area contributed by atoms with Gasteiger partial charge in [0.25, 0.3) is 5.91 Å². The minimum Gasteiger partial charge on any atom is -0.337 e. The Morgan fingerprint density at radius 1 is 1.31 bits per heavy atom. The van der Waals surface area contributed by atoms with E-state index in [4.69, 9.17) is 0 Å². The Morgan fingerprint density at radius 2 is 2.19 bits per heavy atom. The van der Waals surface area contributed by atoms with Crippen LogP contribution in [0.25, 0.3) is 0 Å². The number of aromatic amines is 1. The summed E-state index contributed by atoms with van der Waals surface area (Å²) in [5.41, 5.74) is 0.226. The second-order valence-electron chi connectivity index (χ2n) is 3.84. The lowest BCUT2D eigenvalue weighted by Crippen LogP contribution is -2.34. The third-order valence-corrected chi connectivity index (χ3v) is 2.65. The van der Waals surface area contributed by atoms with E-state index in [0.29, 0.717) is 12.1 Å². The molecule has 0 bridgehead atoms. The van der Waals surface area contributed by atoms with Crippen LogP contribution in [-0.4, -0.2) is 42.0 Å². The van der Waals surface area contributed by atoms with Crippen molar-refractivity contribution >= 4 is 5.91 Å². The fourth-order valence-corrected chi connectivity index (χ4v) is 1.81. The molecule has 5 nitrogen and oxygen atoms in total. The highest BCUT2D eigenvalue weighted by molar-refractivity contribution is 5.94. The van der Waals surface area contributed by atoms with Crippen molar-refractivity contribution in [1.29, 1.82) is 0 Å². The summed E-state index contributed by atoms with van der Waals surface area (Å²) in [5, 5.41) is 3.23. The summed E-state index contributed by atoms with van der Waals surface area (Å²) in [6.07, 6.45) is 2.46. The van der Waals surface area contributed by atoms with Gasteiger partial charge in [0, 0.05) is 37.5 Å². The summed E-state index contributed by atoms with van der Waals surface area (Å²) < 4.78 is 0. The zero-order valence-corrected chi connectivity index (χ0v) is 9.03.